The van der Waals surface area contributed by atoms with Gasteiger partial charge in [-0.3, -0.25) is 4.90 Å². The highest BCUT2D eigenvalue weighted by atomic mass is 16.5. The molecule has 0 aromatic heterocycles. The number of unbranched alkanes of at least 4 members (excludes halogenated alkanes) is 1. The molecular formula is C19H29NO3. The van der Waals surface area contributed by atoms with Crippen molar-refractivity contribution in [1.29, 1.82) is 0 Å². The lowest BCUT2D eigenvalue weighted by Gasteiger charge is -2.45. The summed E-state index contributed by atoms with van der Waals surface area (Å²) in [5.74, 6) is 1.04. The van der Waals surface area contributed by atoms with E-state index in [1.807, 2.05) is 0 Å². The lowest BCUT2D eigenvalue weighted by atomic mass is 9.92. The minimum absolute atomic E-state index is 0.00844. The number of para-hydroxylation sites is 1. The van der Waals surface area contributed by atoms with E-state index in [0.29, 0.717) is 0 Å². The van der Waals surface area contributed by atoms with E-state index in [2.05, 4.69) is 36.1 Å². The molecule has 0 amide bonds. The topological polar surface area (TPSA) is 30.9 Å². The molecule has 1 aromatic carbocycles. The van der Waals surface area contributed by atoms with Crippen LogP contribution >= 0.6 is 0 Å². The van der Waals surface area contributed by atoms with E-state index < -0.39 is 0 Å². The van der Waals surface area contributed by atoms with E-state index in [-0.39, 0.29) is 5.60 Å². The minimum Gasteiger partial charge on any atom is -0.493 e. The van der Waals surface area contributed by atoms with E-state index in [1.165, 1.54) is 5.56 Å². The maximum Gasteiger partial charge on any atom is 0.123 e. The molecule has 0 radical (unpaired) electrons. The van der Waals surface area contributed by atoms with Crippen LogP contribution in [0, 0.1) is 0 Å². The van der Waals surface area contributed by atoms with Crippen LogP contribution in [0.2, 0.25) is 0 Å². The average Bonchev–Trinajstić information content (AvgIpc) is 2.57. The zero-order valence-corrected chi connectivity index (χ0v) is 14.3. The van der Waals surface area contributed by atoms with Gasteiger partial charge in [0.1, 0.15) is 5.75 Å². The quantitative estimate of drug-likeness (QED) is 0.753. The number of rotatable bonds is 6. The Bertz CT molecular complexity index is 480. The van der Waals surface area contributed by atoms with Crippen molar-refractivity contribution in [1.82, 2.24) is 4.90 Å². The Kier molecular flexibility index (Phi) is 5.92. The first-order chi connectivity index (χ1) is 11.3. The molecular weight excluding hydrogens is 290 g/mol. The summed E-state index contributed by atoms with van der Waals surface area (Å²) in [5, 5.41) is 0. The molecule has 0 saturated carbocycles. The fourth-order valence-electron chi connectivity index (χ4n) is 3.45. The first-order valence-electron chi connectivity index (χ1n) is 8.96. The molecule has 0 bridgehead atoms. The highest BCUT2D eigenvalue weighted by molar-refractivity contribution is 5.33. The van der Waals surface area contributed by atoms with Crippen molar-refractivity contribution in [3.63, 3.8) is 0 Å². The lowest BCUT2D eigenvalue weighted by molar-refractivity contribution is -0.155. The van der Waals surface area contributed by atoms with Crippen LogP contribution in [0.5, 0.6) is 5.75 Å². The molecule has 128 valence electrons. The summed E-state index contributed by atoms with van der Waals surface area (Å²) in [6, 6.07) is 8.44. The number of ether oxygens (including phenoxy) is 3. The molecule has 0 N–H and O–H groups in total. The fraction of sp³-hybridized carbons (Fsp3) is 0.684. The van der Waals surface area contributed by atoms with Crippen LogP contribution in [0.4, 0.5) is 0 Å². The molecule has 2 aliphatic heterocycles. The number of hydrogen-bond acceptors (Lipinski definition) is 4. The Morgan fingerprint density at radius 2 is 2.00 bits per heavy atom. The number of hydrogen-bond donors (Lipinski definition) is 0. The summed E-state index contributed by atoms with van der Waals surface area (Å²) in [5.41, 5.74) is 1.29. The first-order valence-corrected chi connectivity index (χ1v) is 8.96. The van der Waals surface area contributed by atoms with Gasteiger partial charge in [0.15, 0.2) is 0 Å². The van der Waals surface area contributed by atoms with Crippen LogP contribution in [0.25, 0.3) is 0 Å². The van der Waals surface area contributed by atoms with Gasteiger partial charge >= 0.3 is 0 Å². The average molecular weight is 319 g/mol. The van der Waals surface area contributed by atoms with Gasteiger partial charge in [0.2, 0.25) is 0 Å². The second-order valence-corrected chi connectivity index (χ2v) is 6.66. The standard InChI is InChI=1S/C19H29NO3/c1-2-3-11-22-18-7-5-4-6-17(18)15-20-10-14-23-19(16-20)8-12-21-13-9-19/h4-7H,2-3,8-16H2,1H3. The third kappa shape index (κ3) is 4.46. The molecule has 2 saturated heterocycles. The van der Waals surface area contributed by atoms with Crippen molar-refractivity contribution in [2.45, 2.75) is 44.8 Å². The highest BCUT2D eigenvalue weighted by Gasteiger charge is 2.38. The minimum atomic E-state index is 0.00844. The number of benzene rings is 1. The van der Waals surface area contributed by atoms with Crippen molar-refractivity contribution in [2.75, 3.05) is 39.5 Å². The van der Waals surface area contributed by atoms with Gasteiger partial charge in [-0.2, -0.15) is 0 Å². The predicted octanol–water partition coefficient (Wildman–Crippen LogP) is 3.25. The third-order valence-corrected chi connectivity index (χ3v) is 4.85. The zero-order chi connectivity index (χ0) is 16.0. The molecule has 1 spiro atoms. The summed E-state index contributed by atoms with van der Waals surface area (Å²) in [6.45, 7) is 8.39. The van der Waals surface area contributed by atoms with E-state index in [0.717, 1.165) is 77.5 Å². The van der Waals surface area contributed by atoms with Crippen LogP contribution in [0.15, 0.2) is 24.3 Å². The van der Waals surface area contributed by atoms with Crippen LogP contribution in [-0.4, -0.2) is 50.0 Å². The molecule has 2 heterocycles. The second-order valence-electron chi connectivity index (χ2n) is 6.66. The Balaban J connectivity index is 1.62. The van der Waals surface area contributed by atoms with Crippen molar-refractivity contribution in [3.05, 3.63) is 29.8 Å². The molecule has 2 aliphatic rings. The Morgan fingerprint density at radius 3 is 2.83 bits per heavy atom. The van der Waals surface area contributed by atoms with Gasteiger partial charge in [-0.25, -0.2) is 0 Å². The summed E-state index contributed by atoms with van der Waals surface area (Å²) < 4.78 is 17.6. The van der Waals surface area contributed by atoms with Crippen LogP contribution in [0.1, 0.15) is 38.2 Å². The Hall–Kier alpha value is -1.10. The zero-order valence-electron chi connectivity index (χ0n) is 14.3. The van der Waals surface area contributed by atoms with Crippen molar-refractivity contribution in [3.8, 4) is 5.75 Å². The molecule has 0 aliphatic carbocycles. The Labute approximate surface area is 139 Å². The van der Waals surface area contributed by atoms with Gasteiger partial charge < -0.3 is 14.2 Å². The lowest BCUT2D eigenvalue weighted by Crippen LogP contribution is -2.54. The van der Waals surface area contributed by atoms with Crippen molar-refractivity contribution < 1.29 is 14.2 Å². The van der Waals surface area contributed by atoms with Crippen LogP contribution in [0.3, 0.4) is 0 Å². The second kappa shape index (κ2) is 8.13. The molecule has 3 rings (SSSR count). The summed E-state index contributed by atoms with van der Waals surface area (Å²) in [7, 11) is 0. The molecule has 0 unspecified atom stereocenters. The normalized spacial score (nSPS) is 21.4. The maximum absolute atomic E-state index is 6.13. The third-order valence-electron chi connectivity index (χ3n) is 4.85. The van der Waals surface area contributed by atoms with Gasteiger partial charge in [-0.15, -0.1) is 0 Å². The van der Waals surface area contributed by atoms with Gasteiger partial charge in [0, 0.05) is 51.3 Å². The van der Waals surface area contributed by atoms with Gasteiger partial charge in [0.25, 0.3) is 0 Å². The van der Waals surface area contributed by atoms with E-state index in [9.17, 15) is 0 Å². The molecule has 2 fully saturated rings. The highest BCUT2D eigenvalue weighted by Crippen LogP contribution is 2.30. The molecule has 0 atom stereocenters. The van der Waals surface area contributed by atoms with Crippen molar-refractivity contribution >= 4 is 0 Å². The van der Waals surface area contributed by atoms with E-state index >= 15 is 0 Å². The molecule has 1 aromatic rings. The van der Waals surface area contributed by atoms with Crippen molar-refractivity contribution in [2.24, 2.45) is 0 Å². The first kappa shape index (κ1) is 16.7. The smallest absolute Gasteiger partial charge is 0.123 e. The summed E-state index contributed by atoms with van der Waals surface area (Å²) in [4.78, 5) is 2.51. The largest absolute Gasteiger partial charge is 0.493 e. The predicted molar refractivity (Wildman–Crippen MR) is 90.9 cm³/mol. The molecule has 4 heteroatoms. The number of nitrogens with zero attached hydrogens (tertiary/aromatic N) is 1. The van der Waals surface area contributed by atoms with Gasteiger partial charge in [-0.1, -0.05) is 31.5 Å². The fourth-order valence-corrected chi connectivity index (χ4v) is 3.45. The van der Waals surface area contributed by atoms with E-state index in [1.54, 1.807) is 0 Å². The van der Waals surface area contributed by atoms with Gasteiger partial charge in [-0.05, 0) is 12.5 Å². The van der Waals surface area contributed by atoms with Crippen LogP contribution < -0.4 is 4.74 Å². The van der Waals surface area contributed by atoms with E-state index in [4.69, 9.17) is 14.2 Å². The summed E-state index contributed by atoms with van der Waals surface area (Å²) >= 11 is 0. The SMILES string of the molecule is CCCCOc1ccccc1CN1CCOC2(CCOCC2)C1. The number of morpholine rings is 1. The van der Waals surface area contributed by atoms with Crippen LogP contribution in [-0.2, 0) is 16.0 Å². The van der Waals surface area contributed by atoms with Gasteiger partial charge in [0.05, 0.1) is 18.8 Å². The maximum atomic E-state index is 6.13. The molecule has 4 nitrogen and oxygen atoms in total. The monoisotopic (exact) mass is 319 g/mol. The molecule has 23 heavy (non-hydrogen) atoms. The Morgan fingerprint density at radius 1 is 1.17 bits per heavy atom. The summed E-state index contributed by atoms with van der Waals surface area (Å²) in [6.07, 6.45) is 4.29.